The molecule has 6 heteroatoms. The topological polar surface area (TPSA) is 83.2 Å². The predicted molar refractivity (Wildman–Crippen MR) is 80.3 cm³/mol. The van der Waals surface area contributed by atoms with E-state index < -0.39 is 0 Å². The fourth-order valence-electron chi connectivity index (χ4n) is 2.62. The van der Waals surface area contributed by atoms with Gasteiger partial charge in [0.1, 0.15) is 0 Å². The molecule has 1 fully saturated rings. The minimum Gasteiger partial charge on any atom is -0.376 e. The van der Waals surface area contributed by atoms with Gasteiger partial charge in [-0.1, -0.05) is 0 Å². The molecule has 0 aromatic carbocycles. The van der Waals surface area contributed by atoms with Crippen LogP contribution >= 0.6 is 0 Å². The Morgan fingerprint density at radius 1 is 1.52 bits per heavy atom. The number of H-pyrrole nitrogens is 1. The molecule has 0 spiro atoms. The highest BCUT2D eigenvalue weighted by Crippen LogP contribution is 2.15. The van der Waals surface area contributed by atoms with Crippen LogP contribution in [-0.4, -0.2) is 29.8 Å². The standard InChI is InChI=1S/C15H23N3O3/c1-9-7-10(2)17-14(19)12(9)8-16-15(20)18-11(3)13-5-4-6-21-13/h7,11,13H,4-6,8H2,1-3H3,(H,17,19)(H2,16,18,20)/t11-,13-/m1/s1. The smallest absolute Gasteiger partial charge is 0.315 e. The molecule has 0 unspecified atom stereocenters. The van der Waals surface area contributed by atoms with Crippen molar-refractivity contribution in [3.8, 4) is 0 Å². The molecule has 0 bridgehead atoms. The second-order valence-corrected chi connectivity index (χ2v) is 5.61. The zero-order chi connectivity index (χ0) is 15.4. The van der Waals surface area contributed by atoms with Gasteiger partial charge in [0, 0.05) is 17.9 Å². The van der Waals surface area contributed by atoms with Crippen LogP contribution in [0.4, 0.5) is 4.79 Å². The molecule has 2 amide bonds. The Kier molecular flexibility index (Phi) is 5.01. The summed E-state index contributed by atoms with van der Waals surface area (Å²) < 4.78 is 5.53. The summed E-state index contributed by atoms with van der Waals surface area (Å²) in [5.74, 6) is 0. The van der Waals surface area contributed by atoms with Crippen molar-refractivity contribution in [3.63, 3.8) is 0 Å². The van der Waals surface area contributed by atoms with E-state index in [1.807, 2.05) is 26.8 Å². The molecule has 2 atom stereocenters. The Balaban J connectivity index is 1.88. The molecule has 0 radical (unpaired) electrons. The third kappa shape index (κ3) is 4.07. The maximum atomic E-state index is 11.9. The Bertz CT molecular complexity index is 562. The van der Waals surface area contributed by atoms with Gasteiger partial charge in [0.25, 0.3) is 5.56 Å². The maximum Gasteiger partial charge on any atom is 0.315 e. The summed E-state index contributed by atoms with van der Waals surface area (Å²) >= 11 is 0. The predicted octanol–water partition coefficient (Wildman–Crippen LogP) is 1.36. The fraction of sp³-hybridized carbons (Fsp3) is 0.600. The Hall–Kier alpha value is -1.82. The van der Waals surface area contributed by atoms with Crippen LogP contribution in [0.25, 0.3) is 0 Å². The first-order valence-electron chi connectivity index (χ1n) is 7.32. The average molecular weight is 293 g/mol. The number of nitrogens with one attached hydrogen (secondary N) is 3. The average Bonchev–Trinajstić information content (AvgIpc) is 2.91. The number of aromatic nitrogens is 1. The second-order valence-electron chi connectivity index (χ2n) is 5.61. The van der Waals surface area contributed by atoms with Gasteiger partial charge in [0.15, 0.2) is 0 Å². The van der Waals surface area contributed by atoms with Crippen molar-refractivity contribution in [1.82, 2.24) is 15.6 Å². The van der Waals surface area contributed by atoms with Crippen LogP contribution in [0.3, 0.4) is 0 Å². The molecule has 0 aliphatic carbocycles. The van der Waals surface area contributed by atoms with E-state index in [1.54, 1.807) is 0 Å². The summed E-state index contributed by atoms with van der Waals surface area (Å²) in [6.07, 6.45) is 2.09. The molecule has 1 aliphatic rings. The normalized spacial score (nSPS) is 19.3. The van der Waals surface area contributed by atoms with Gasteiger partial charge in [0.05, 0.1) is 18.7 Å². The third-order valence-electron chi connectivity index (χ3n) is 3.80. The van der Waals surface area contributed by atoms with Crippen molar-refractivity contribution in [2.24, 2.45) is 0 Å². The number of aryl methyl sites for hydroxylation is 2. The molecule has 6 nitrogen and oxygen atoms in total. The molecule has 0 saturated carbocycles. The van der Waals surface area contributed by atoms with E-state index in [0.29, 0.717) is 5.56 Å². The number of hydrogen-bond donors (Lipinski definition) is 3. The van der Waals surface area contributed by atoms with Gasteiger partial charge in [-0.25, -0.2) is 4.79 Å². The SMILES string of the molecule is Cc1cc(C)c(CNC(=O)N[C@H](C)[C@H]2CCCO2)c(=O)[nH]1. The molecule has 1 aliphatic heterocycles. The zero-order valence-corrected chi connectivity index (χ0v) is 12.8. The first-order valence-corrected chi connectivity index (χ1v) is 7.32. The van der Waals surface area contributed by atoms with Crippen molar-refractivity contribution in [1.29, 1.82) is 0 Å². The lowest BCUT2D eigenvalue weighted by molar-refractivity contribution is 0.0860. The number of ether oxygens (including phenoxy) is 1. The van der Waals surface area contributed by atoms with Crippen LogP contribution in [0.5, 0.6) is 0 Å². The Morgan fingerprint density at radius 2 is 2.29 bits per heavy atom. The Morgan fingerprint density at radius 3 is 2.90 bits per heavy atom. The van der Waals surface area contributed by atoms with E-state index in [4.69, 9.17) is 4.74 Å². The van der Waals surface area contributed by atoms with Crippen LogP contribution in [0.2, 0.25) is 0 Å². The summed E-state index contributed by atoms with van der Waals surface area (Å²) in [6, 6.07) is 1.58. The van der Waals surface area contributed by atoms with Gasteiger partial charge in [-0.3, -0.25) is 4.79 Å². The lowest BCUT2D eigenvalue weighted by Crippen LogP contribution is -2.46. The van der Waals surface area contributed by atoms with Crippen molar-refractivity contribution in [2.75, 3.05) is 6.61 Å². The molecule has 1 aromatic heterocycles. The molecule has 21 heavy (non-hydrogen) atoms. The summed E-state index contributed by atoms with van der Waals surface area (Å²) in [5.41, 5.74) is 2.13. The largest absolute Gasteiger partial charge is 0.376 e. The van der Waals surface area contributed by atoms with Crippen LogP contribution in [0, 0.1) is 13.8 Å². The van der Waals surface area contributed by atoms with E-state index in [1.165, 1.54) is 0 Å². The number of pyridine rings is 1. The lowest BCUT2D eigenvalue weighted by Gasteiger charge is -2.20. The number of amides is 2. The maximum absolute atomic E-state index is 11.9. The van der Waals surface area contributed by atoms with Crippen molar-refractivity contribution in [3.05, 3.63) is 33.2 Å². The van der Waals surface area contributed by atoms with Crippen molar-refractivity contribution in [2.45, 2.75) is 52.3 Å². The number of hydrogen-bond acceptors (Lipinski definition) is 3. The van der Waals surface area contributed by atoms with Crippen LogP contribution in [-0.2, 0) is 11.3 Å². The molecular weight excluding hydrogens is 270 g/mol. The van der Waals surface area contributed by atoms with Gasteiger partial charge >= 0.3 is 6.03 Å². The monoisotopic (exact) mass is 293 g/mol. The summed E-state index contributed by atoms with van der Waals surface area (Å²) in [4.78, 5) is 26.5. The minimum absolute atomic E-state index is 0.0371. The summed E-state index contributed by atoms with van der Waals surface area (Å²) in [5, 5.41) is 5.58. The minimum atomic E-state index is -0.280. The van der Waals surface area contributed by atoms with Crippen LogP contribution in [0.15, 0.2) is 10.9 Å². The van der Waals surface area contributed by atoms with Gasteiger partial charge in [-0.05, 0) is 45.2 Å². The number of carbonyl (C=O) groups is 1. The molecule has 116 valence electrons. The van der Waals surface area contributed by atoms with Gasteiger partial charge in [0.2, 0.25) is 0 Å². The highest BCUT2D eigenvalue weighted by Gasteiger charge is 2.23. The van der Waals surface area contributed by atoms with E-state index in [0.717, 1.165) is 30.7 Å². The molecule has 3 N–H and O–H groups in total. The molecule has 1 aromatic rings. The fourth-order valence-corrected chi connectivity index (χ4v) is 2.62. The van der Waals surface area contributed by atoms with Crippen molar-refractivity contribution >= 4 is 6.03 Å². The summed E-state index contributed by atoms with van der Waals surface area (Å²) in [6.45, 7) is 6.61. The number of rotatable bonds is 4. The summed E-state index contributed by atoms with van der Waals surface area (Å²) in [7, 11) is 0. The molecule has 1 saturated heterocycles. The lowest BCUT2D eigenvalue weighted by atomic mass is 10.1. The second kappa shape index (κ2) is 6.76. The van der Waals surface area contributed by atoms with E-state index in [9.17, 15) is 9.59 Å². The van der Waals surface area contributed by atoms with Crippen LogP contribution < -0.4 is 16.2 Å². The highest BCUT2D eigenvalue weighted by atomic mass is 16.5. The number of aromatic amines is 1. The molecular formula is C15H23N3O3. The van der Waals surface area contributed by atoms with Gasteiger partial charge < -0.3 is 20.4 Å². The zero-order valence-electron chi connectivity index (χ0n) is 12.8. The number of carbonyl (C=O) groups excluding carboxylic acids is 1. The van der Waals surface area contributed by atoms with E-state index >= 15 is 0 Å². The quantitative estimate of drug-likeness (QED) is 0.784. The number of urea groups is 1. The van der Waals surface area contributed by atoms with Crippen molar-refractivity contribution < 1.29 is 9.53 Å². The van der Waals surface area contributed by atoms with E-state index in [2.05, 4.69) is 15.6 Å². The van der Waals surface area contributed by atoms with E-state index in [-0.39, 0.29) is 30.3 Å². The highest BCUT2D eigenvalue weighted by molar-refractivity contribution is 5.74. The molecule has 2 heterocycles. The third-order valence-corrected chi connectivity index (χ3v) is 3.80. The molecule has 2 rings (SSSR count). The first kappa shape index (κ1) is 15.6. The van der Waals surface area contributed by atoms with Crippen LogP contribution in [0.1, 0.15) is 36.6 Å². The van der Waals surface area contributed by atoms with Gasteiger partial charge in [-0.2, -0.15) is 0 Å². The first-order chi connectivity index (χ1) is 9.97. The van der Waals surface area contributed by atoms with Gasteiger partial charge in [-0.15, -0.1) is 0 Å². The Labute approximate surface area is 124 Å².